The van der Waals surface area contributed by atoms with E-state index in [1.165, 1.54) is 12.1 Å². The number of hydrogen-bond donors (Lipinski definition) is 1. The van der Waals surface area contributed by atoms with Crippen molar-refractivity contribution in [2.45, 2.75) is 0 Å². The summed E-state index contributed by atoms with van der Waals surface area (Å²) in [5.74, 6) is -0.366. The van der Waals surface area contributed by atoms with Crippen molar-refractivity contribution in [2.75, 3.05) is 20.2 Å². The van der Waals surface area contributed by atoms with E-state index in [0.29, 0.717) is 5.75 Å². The number of nitrogens with zero attached hydrogens (tertiary/aromatic N) is 2. The molecular weight excluding hydrogens is 446 g/mol. The molecule has 1 saturated heterocycles. The lowest BCUT2D eigenvalue weighted by atomic mass is 10.2. The van der Waals surface area contributed by atoms with Crippen molar-refractivity contribution in [1.29, 1.82) is 0 Å². The van der Waals surface area contributed by atoms with E-state index < -0.39 is 22.0 Å². The summed E-state index contributed by atoms with van der Waals surface area (Å²) in [6, 6.07) is 10.7. The lowest BCUT2D eigenvalue weighted by molar-refractivity contribution is -0.384. The van der Waals surface area contributed by atoms with Gasteiger partial charge >= 0.3 is 0 Å². The summed E-state index contributed by atoms with van der Waals surface area (Å²) in [7, 11) is 1.55. The number of methoxy groups -OCH3 is 1. The number of nitro groups is 1. The highest BCUT2D eigenvalue weighted by atomic mass is 35.5. The first-order valence-corrected chi connectivity index (χ1v) is 10.1. The lowest BCUT2D eigenvalue weighted by Crippen LogP contribution is -2.37. The Hall–Kier alpha value is -3.37. The largest absolute Gasteiger partial charge is 0.497 e. The van der Waals surface area contributed by atoms with Crippen molar-refractivity contribution < 1.29 is 24.0 Å². The third kappa shape index (κ3) is 5.22. The molecule has 1 N–H and O–H groups in total. The van der Waals surface area contributed by atoms with Crippen LogP contribution in [0.1, 0.15) is 15.9 Å². The average Bonchev–Trinajstić information content (AvgIpc) is 3.01. The molecule has 9 nitrogen and oxygen atoms in total. The summed E-state index contributed by atoms with van der Waals surface area (Å²) in [4.78, 5) is 48.5. The van der Waals surface area contributed by atoms with Crippen molar-refractivity contribution in [3.63, 3.8) is 0 Å². The number of benzene rings is 2. The summed E-state index contributed by atoms with van der Waals surface area (Å²) < 4.78 is 5.08. The molecule has 2 aromatic rings. The number of imide groups is 1. The summed E-state index contributed by atoms with van der Waals surface area (Å²) >= 11 is 6.55. The number of nitrogens with one attached hydrogen (secondary N) is 1. The number of carbonyl (C=O) groups is 3. The highest BCUT2D eigenvalue weighted by molar-refractivity contribution is 8.18. The van der Waals surface area contributed by atoms with Gasteiger partial charge in [-0.1, -0.05) is 23.7 Å². The van der Waals surface area contributed by atoms with Crippen LogP contribution in [0.2, 0.25) is 5.02 Å². The monoisotopic (exact) mass is 461 g/mol. The van der Waals surface area contributed by atoms with Crippen LogP contribution in [0.25, 0.3) is 6.08 Å². The Kier molecular flexibility index (Phi) is 6.93. The molecule has 0 aliphatic carbocycles. The maximum Gasteiger partial charge on any atom is 0.293 e. The Labute approximate surface area is 186 Å². The fraction of sp³-hybridized carbons (Fsp3) is 0.150. The van der Waals surface area contributed by atoms with E-state index in [4.69, 9.17) is 16.3 Å². The number of rotatable bonds is 7. The van der Waals surface area contributed by atoms with Gasteiger partial charge in [0.05, 0.1) is 16.9 Å². The Balaban J connectivity index is 1.60. The standard InChI is InChI=1S/C20H16ClN3O6S/c1-30-14-5-2-12(3-6-14)10-17-19(26)23(20(27)31-17)9-8-22-18(25)13-4-7-15(21)16(11-13)24(28)29/h2-7,10-11H,8-9H2,1H3,(H,22,25)/b17-10+. The molecule has 11 heteroatoms. The number of amides is 3. The van der Waals surface area contributed by atoms with Crippen LogP contribution in [0.3, 0.4) is 0 Å². The van der Waals surface area contributed by atoms with Gasteiger partial charge in [0.15, 0.2) is 0 Å². The SMILES string of the molecule is COc1ccc(/C=C2/SC(=O)N(CCNC(=O)c3ccc(Cl)c([N+](=O)[O-])c3)C2=O)cc1. The Morgan fingerprint density at radius 2 is 1.97 bits per heavy atom. The van der Waals surface area contributed by atoms with Crippen LogP contribution in [0.4, 0.5) is 10.5 Å². The maximum absolute atomic E-state index is 12.5. The number of thioether (sulfide) groups is 1. The molecule has 0 saturated carbocycles. The topological polar surface area (TPSA) is 119 Å². The third-order valence-electron chi connectivity index (χ3n) is 4.31. The molecular formula is C20H16ClN3O6S. The fourth-order valence-electron chi connectivity index (χ4n) is 2.72. The molecule has 3 rings (SSSR count). The zero-order valence-corrected chi connectivity index (χ0v) is 17.7. The number of hydrogen-bond acceptors (Lipinski definition) is 7. The van der Waals surface area contributed by atoms with E-state index in [0.717, 1.165) is 28.3 Å². The molecule has 0 unspecified atom stereocenters. The molecule has 0 bridgehead atoms. The first-order valence-electron chi connectivity index (χ1n) is 8.91. The van der Waals surface area contributed by atoms with Gasteiger partial charge in [-0.25, -0.2) is 0 Å². The van der Waals surface area contributed by atoms with Gasteiger partial charge in [-0.2, -0.15) is 0 Å². The summed E-state index contributed by atoms with van der Waals surface area (Å²) in [6.45, 7) is -0.0465. The van der Waals surface area contributed by atoms with Crippen LogP contribution in [-0.2, 0) is 4.79 Å². The van der Waals surface area contributed by atoms with Crippen LogP contribution in [0.15, 0.2) is 47.4 Å². The highest BCUT2D eigenvalue weighted by Gasteiger charge is 2.34. The molecule has 0 aromatic heterocycles. The summed E-state index contributed by atoms with van der Waals surface area (Å²) in [5.41, 5.74) is 0.400. The van der Waals surface area contributed by atoms with Crippen LogP contribution in [-0.4, -0.2) is 47.1 Å². The second-order valence-corrected chi connectivity index (χ2v) is 7.69. The highest BCUT2D eigenvalue weighted by Crippen LogP contribution is 2.32. The molecule has 2 aromatic carbocycles. The predicted octanol–water partition coefficient (Wildman–Crippen LogP) is 3.72. The van der Waals surface area contributed by atoms with Gasteiger partial charge in [0.2, 0.25) is 0 Å². The number of carbonyl (C=O) groups excluding carboxylic acids is 3. The van der Waals surface area contributed by atoms with Crippen molar-refractivity contribution in [3.8, 4) is 5.75 Å². The van der Waals surface area contributed by atoms with Gasteiger partial charge in [0.1, 0.15) is 10.8 Å². The first kappa shape index (κ1) is 22.3. The van der Waals surface area contributed by atoms with Crippen LogP contribution in [0.5, 0.6) is 5.75 Å². The smallest absolute Gasteiger partial charge is 0.293 e. The average molecular weight is 462 g/mol. The molecule has 1 fully saturated rings. The van der Waals surface area contributed by atoms with E-state index in [1.54, 1.807) is 37.5 Å². The lowest BCUT2D eigenvalue weighted by Gasteiger charge is -2.13. The molecule has 1 heterocycles. The number of ether oxygens (including phenoxy) is 1. The van der Waals surface area contributed by atoms with Gasteiger partial charge in [0, 0.05) is 24.7 Å². The van der Waals surface area contributed by atoms with Crippen LogP contribution >= 0.6 is 23.4 Å². The quantitative estimate of drug-likeness (QED) is 0.379. The molecule has 3 amide bonds. The molecule has 0 radical (unpaired) electrons. The van der Waals surface area contributed by atoms with E-state index in [-0.39, 0.29) is 34.3 Å². The third-order valence-corrected chi connectivity index (χ3v) is 5.54. The van der Waals surface area contributed by atoms with E-state index in [9.17, 15) is 24.5 Å². The minimum absolute atomic E-state index is 0.0108. The summed E-state index contributed by atoms with van der Waals surface area (Å²) in [5, 5.41) is 13.0. The molecule has 31 heavy (non-hydrogen) atoms. The van der Waals surface area contributed by atoms with Crippen molar-refractivity contribution in [1.82, 2.24) is 10.2 Å². The van der Waals surface area contributed by atoms with Gasteiger partial charge in [-0.05, 0) is 47.7 Å². The van der Waals surface area contributed by atoms with Crippen molar-refractivity contribution >= 4 is 52.2 Å². The van der Waals surface area contributed by atoms with Gasteiger partial charge in [-0.15, -0.1) is 0 Å². The van der Waals surface area contributed by atoms with Crippen LogP contribution < -0.4 is 10.1 Å². The van der Waals surface area contributed by atoms with E-state index in [2.05, 4.69) is 5.32 Å². The van der Waals surface area contributed by atoms with Crippen molar-refractivity contribution in [2.24, 2.45) is 0 Å². The normalized spacial score (nSPS) is 14.8. The minimum Gasteiger partial charge on any atom is -0.497 e. The fourth-order valence-corrected chi connectivity index (χ4v) is 3.77. The predicted molar refractivity (Wildman–Crippen MR) is 116 cm³/mol. The summed E-state index contributed by atoms with van der Waals surface area (Å²) in [6.07, 6.45) is 1.61. The Morgan fingerprint density at radius 3 is 2.61 bits per heavy atom. The minimum atomic E-state index is -0.686. The molecule has 1 aliphatic rings. The number of halogens is 1. The van der Waals surface area contributed by atoms with E-state index in [1.807, 2.05) is 0 Å². The van der Waals surface area contributed by atoms with Crippen LogP contribution in [0, 0.1) is 10.1 Å². The van der Waals surface area contributed by atoms with Gasteiger partial charge in [-0.3, -0.25) is 29.4 Å². The first-order chi connectivity index (χ1) is 14.8. The van der Waals surface area contributed by atoms with Gasteiger partial charge in [0.25, 0.3) is 22.7 Å². The molecule has 0 spiro atoms. The second-order valence-electron chi connectivity index (χ2n) is 6.29. The van der Waals surface area contributed by atoms with Crippen molar-refractivity contribution in [3.05, 3.63) is 73.6 Å². The van der Waals surface area contributed by atoms with E-state index >= 15 is 0 Å². The second kappa shape index (κ2) is 9.63. The maximum atomic E-state index is 12.5. The molecule has 1 aliphatic heterocycles. The zero-order chi connectivity index (χ0) is 22.5. The molecule has 160 valence electrons. The zero-order valence-electron chi connectivity index (χ0n) is 16.2. The molecule has 0 atom stereocenters. The number of nitro benzene ring substituents is 1. The Bertz CT molecular complexity index is 1090. The Morgan fingerprint density at radius 1 is 1.26 bits per heavy atom. The van der Waals surface area contributed by atoms with Gasteiger partial charge < -0.3 is 10.1 Å².